The van der Waals surface area contributed by atoms with Crippen molar-refractivity contribution in [1.82, 2.24) is 9.99 Å². The number of primary amides is 1. The second kappa shape index (κ2) is 10.3. The van der Waals surface area contributed by atoms with Crippen LogP contribution in [-0.4, -0.2) is 64.9 Å². The number of nitrogens with one attached hydrogen (secondary N) is 1. The van der Waals surface area contributed by atoms with E-state index in [2.05, 4.69) is 5.09 Å². The average molecular weight is 523 g/mol. The number of hydrogen-bond donors (Lipinski definition) is 3. The fourth-order valence-electron chi connectivity index (χ4n) is 4.11. The van der Waals surface area contributed by atoms with Crippen LogP contribution < -0.4 is 15.3 Å². The number of ether oxygens (including phenoxy) is 3. The van der Waals surface area contributed by atoms with Gasteiger partial charge in [-0.3, -0.25) is 14.1 Å². The Kier molecular flexibility index (Phi) is 7.56. The molecule has 12 nitrogen and oxygen atoms in total. The lowest BCUT2D eigenvalue weighted by molar-refractivity contribution is -0.201. The van der Waals surface area contributed by atoms with Crippen LogP contribution in [0.25, 0.3) is 0 Å². The van der Waals surface area contributed by atoms with Crippen molar-refractivity contribution in [2.24, 2.45) is 5.73 Å². The fraction of sp³-hybridized carbons (Fsp3) is 0.478. The highest BCUT2D eigenvalue weighted by Gasteiger charge is 2.57. The van der Waals surface area contributed by atoms with Gasteiger partial charge in [0, 0.05) is 18.0 Å². The number of rotatable bonds is 10. The molecule has 2 saturated heterocycles. The van der Waals surface area contributed by atoms with E-state index in [0.717, 1.165) is 0 Å². The summed E-state index contributed by atoms with van der Waals surface area (Å²) in [6.07, 6.45) is 2.92. The summed E-state index contributed by atoms with van der Waals surface area (Å²) in [5.41, 5.74) is 5.85. The summed E-state index contributed by atoms with van der Waals surface area (Å²) >= 11 is 0. The summed E-state index contributed by atoms with van der Waals surface area (Å²) in [6.45, 7) is 4.59. The number of nitrogens with two attached hydrogens (primary N) is 1. The largest absolute Gasteiger partial charge is 0.480 e. The summed E-state index contributed by atoms with van der Waals surface area (Å²) in [5, 5.41) is 11.7. The molecule has 2 fully saturated rings. The molecule has 0 spiro atoms. The maximum absolute atomic E-state index is 13.5. The quantitative estimate of drug-likeness (QED) is 0.386. The zero-order chi connectivity index (χ0) is 26.1. The van der Waals surface area contributed by atoms with Gasteiger partial charge in [-0.25, -0.2) is 4.57 Å². The van der Waals surface area contributed by atoms with Gasteiger partial charge in [0.2, 0.25) is 5.91 Å². The number of nitrogens with zero attached hydrogens (tertiary/aromatic N) is 1. The first-order valence-electron chi connectivity index (χ1n) is 11.4. The highest BCUT2D eigenvalue weighted by Crippen LogP contribution is 2.47. The van der Waals surface area contributed by atoms with Crippen LogP contribution >= 0.6 is 7.75 Å². The van der Waals surface area contributed by atoms with Crippen molar-refractivity contribution >= 4 is 19.6 Å². The molecule has 36 heavy (non-hydrogen) atoms. The van der Waals surface area contributed by atoms with Crippen molar-refractivity contribution in [1.29, 1.82) is 0 Å². The van der Waals surface area contributed by atoms with E-state index in [1.54, 1.807) is 67.6 Å². The molecule has 6 atom stereocenters. The zero-order valence-electron chi connectivity index (χ0n) is 20.1. The molecule has 0 radical (unpaired) electrons. The van der Waals surface area contributed by atoms with E-state index >= 15 is 0 Å². The first-order valence-corrected chi connectivity index (χ1v) is 13.0. The Balaban J connectivity index is 1.53. The molecule has 3 unspecified atom stereocenters. The van der Waals surface area contributed by atoms with Gasteiger partial charge < -0.3 is 34.5 Å². The molecule has 3 aliphatic heterocycles. The molecule has 4 N–H and O–H groups in total. The smallest absolute Gasteiger partial charge is 0.459 e. The highest BCUT2D eigenvalue weighted by atomic mass is 31.2. The lowest BCUT2D eigenvalue weighted by Crippen LogP contribution is -2.40. The molecule has 0 aliphatic carbocycles. The lowest BCUT2D eigenvalue weighted by atomic mass is 10.1. The van der Waals surface area contributed by atoms with Crippen molar-refractivity contribution in [2.75, 3.05) is 6.61 Å². The van der Waals surface area contributed by atoms with E-state index in [1.165, 1.54) is 6.92 Å². The molecule has 0 saturated carbocycles. The first-order chi connectivity index (χ1) is 17.0. The zero-order valence-corrected chi connectivity index (χ0v) is 21.0. The number of carbonyl (C=O) groups excluding carboxylic acids is 1. The first kappa shape index (κ1) is 26.3. The Morgan fingerprint density at radius 3 is 2.64 bits per heavy atom. The second-order valence-corrected chi connectivity index (χ2v) is 10.8. The molecule has 3 heterocycles. The third kappa shape index (κ3) is 5.97. The molecule has 0 bridgehead atoms. The summed E-state index contributed by atoms with van der Waals surface area (Å²) in [5.74, 6) is -2.46. The Bertz CT molecular complexity index is 1090. The summed E-state index contributed by atoms with van der Waals surface area (Å²) in [6, 6.07) is 7.05. The molecule has 3 aliphatic rings. The molecular formula is C23H30N3O9P. The summed E-state index contributed by atoms with van der Waals surface area (Å²) < 4.78 is 43.1. The molecule has 1 amide bonds. The van der Waals surface area contributed by atoms with Gasteiger partial charge in [0.15, 0.2) is 12.0 Å². The van der Waals surface area contributed by atoms with Crippen molar-refractivity contribution in [3.05, 3.63) is 54.4 Å². The number of benzene rings is 1. The molecule has 1 aromatic rings. The van der Waals surface area contributed by atoms with E-state index < -0.39 is 56.0 Å². The molecule has 13 heteroatoms. The topological polar surface area (TPSA) is 159 Å². The van der Waals surface area contributed by atoms with Gasteiger partial charge in [-0.05, 0) is 39.3 Å². The number of carboxylic acid groups (broad SMARTS) is 1. The Hall–Kier alpha value is -2.73. The van der Waals surface area contributed by atoms with Crippen LogP contribution in [-0.2, 0) is 32.9 Å². The average Bonchev–Trinajstić information content (AvgIpc) is 3.31. The lowest BCUT2D eigenvalue weighted by Gasteiger charge is -2.31. The van der Waals surface area contributed by atoms with Crippen LogP contribution in [0.15, 0.2) is 54.4 Å². The maximum atomic E-state index is 13.5. The number of amides is 1. The highest BCUT2D eigenvalue weighted by molar-refractivity contribution is 7.52. The van der Waals surface area contributed by atoms with E-state index in [9.17, 15) is 19.3 Å². The van der Waals surface area contributed by atoms with Crippen LogP contribution in [0.2, 0.25) is 0 Å². The molecular weight excluding hydrogens is 493 g/mol. The minimum Gasteiger partial charge on any atom is -0.480 e. The number of carbonyl (C=O) groups is 2. The fourth-order valence-corrected chi connectivity index (χ4v) is 5.61. The van der Waals surface area contributed by atoms with Crippen molar-refractivity contribution in [3.8, 4) is 5.75 Å². The van der Waals surface area contributed by atoms with Crippen molar-refractivity contribution in [3.63, 3.8) is 0 Å². The third-order valence-corrected chi connectivity index (χ3v) is 7.40. The van der Waals surface area contributed by atoms with Gasteiger partial charge in [-0.15, -0.1) is 0 Å². The predicted molar refractivity (Wildman–Crippen MR) is 126 cm³/mol. The second-order valence-electron chi connectivity index (χ2n) is 9.07. The summed E-state index contributed by atoms with van der Waals surface area (Å²) in [4.78, 5) is 24.8. The van der Waals surface area contributed by atoms with Crippen LogP contribution in [0.1, 0.15) is 27.2 Å². The Labute approximate surface area is 208 Å². The number of hydrogen-bond acceptors (Lipinski definition) is 9. The monoisotopic (exact) mass is 523 g/mol. The molecule has 196 valence electrons. The van der Waals surface area contributed by atoms with Crippen LogP contribution in [0.5, 0.6) is 5.75 Å². The SMILES string of the molecule is CC(NP(=O)(OCC1O[C@@H](N2C=CCC(C(N)=O)=C2)[C@@H]2OC(C)(C)O[C@H]12)Oc1ccccc1)C(=O)O. The normalized spacial score (nSPS) is 29.2. The van der Waals surface area contributed by atoms with Crippen LogP contribution in [0, 0.1) is 0 Å². The standard InChI is InChI=1S/C23H30N3O9P/c1-14(22(28)29)25-36(30,35-16-9-5-4-6-10-16)31-13-17-18-19(34-23(2,3)33-18)21(32-17)26-11-7-8-15(12-26)20(24)27/h4-7,9-12,14,17-19,21H,8,13H2,1-3H3,(H2,24,27)(H,25,30)(H,28,29)/t14?,17?,18-,19-,21-,36?/m1/s1. The van der Waals surface area contributed by atoms with E-state index in [-0.39, 0.29) is 12.4 Å². The van der Waals surface area contributed by atoms with Gasteiger partial charge >= 0.3 is 13.7 Å². The van der Waals surface area contributed by atoms with Crippen molar-refractivity contribution < 1.29 is 42.5 Å². The van der Waals surface area contributed by atoms with Gasteiger partial charge in [0.25, 0.3) is 0 Å². The Morgan fingerprint density at radius 1 is 1.28 bits per heavy atom. The molecule has 1 aromatic carbocycles. The van der Waals surface area contributed by atoms with Gasteiger partial charge in [0.1, 0.15) is 30.1 Å². The third-order valence-electron chi connectivity index (χ3n) is 5.76. The number of fused-ring (bicyclic) bond motifs is 1. The van der Waals surface area contributed by atoms with Gasteiger partial charge in [-0.2, -0.15) is 5.09 Å². The minimum atomic E-state index is -4.16. The Morgan fingerprint density at radius 2 is 1.97 bits per heavy atom. The number of allylic oxidation sites excluding steroid dienone is 1. The van der Waals surface area contributed by atoms with Crippen LogP contribution in [0.4, 0.5) is 0 Å². The molecule has 0 aromatic heterocycles. The number of aliphatic carboxylic acids is 1. The van der Waals surface area contributed by atoms with Gasteiger partial charge in [-0.1, -0.05) is 24.3 Å². The predicted octanol–water partition coefficient (Wildman–Crippen LogP) is 2.09. The molecule has 4 rings (SSSR count). The van der Waals surface area contributed by atoms with E-state index in [4.69, 9.17) is 29.0 Å². The summed E-state index contributed by atoms with van der Waals surface area (Å²) in [7, 11) is -4.16. The van der Waals surface area contributed by atoms with E-state index in [1.807, 2.05) is 0 Å². The maximum Gasteiger partial charge on any atom is 0.459 e. The van der Waals surface area contributed by atoms with E-state index in [0.29, 0.717) is 12.0 Å². The van der Waals surface area contributed by atoms with Crippen molar-refractivity contribution in [2.45, 2.75) is 63.6 Å². The van der Waals surface area contributed by atoms with Gasteiger partial charge in [0.05, 0.1) is 6.61 Å². The number of carboxylic acids is 1. The number of para-hydroxylation sites is 1. The minimum absolute atomic E-state index is 0.234. The van der Waals surface area contributed by atoms with Crippen LogP contribution in [0.3, 0.4) is 0 Å².